The summed E-state index contributed by atoms with van der Waals surface area (Å²) in [6.07, 6.45) is 1.22. The molecule has 0 aliphatic rings. The zero-order valence-electron chi connectivity index (χ0n) is 9.37. The highest BCUT2D eigenvalue weighted by Gasteiger charge is 2.22. The Morgan fingerprint density at radius 1 is 1.33 bits per heavy atom. The fraction of sp³-hybridized carbons (Fsp3) is 0.455. The molecular weight excluding hydrogens is 193 g/mol. The molecule has 2 heterocycles. The molecule has 3 nitrogen and oxygen atoms in total. The first kappa shape index (κ1) is 10.1. The molecule has 0 fully saturated rings. The van der Waals surface area contributed by atoms with Gasteiger partial charge in [-0.2, -0.15) is 5.10 Å². The summed E-state index contributed by atoms with van der Waals surface area (Å²) in [6, 6.07) is 1.50. The van der Waals surface area contributed by atoms with Crippen LogP contribution >= 0.6 is 0 Å². The van der Waals surface area contributed by atoms with Gasteiger partial charge in [-0.05, 0) is 6.07 Å². The van der Waals surface area contributed by atoms with Gasteiger partial charge in [0.1, 0.15) is 5.82 Å². The van der Waals surface area contributed by atoms with Crippen molar-refractivity contribution in [3.05, 3.63) is 23.8 Å². The number of pyridine rings is 1. The number of halogens is 1. The van der Waals surface area contributed by atoms with Crippen molar-refractivity contribution in [3.8, 4) is 0 Å². The summed E-state index contributed by atoms with van der Waals surface area (Å²) in [5.74, 6) is -0.319. The van der Waals surface area contributed by atoms with Crippen LogP contribution < -0.4 is 0 Å². The first-order chi connectivity index (χ1) is 6.89. The maximum absolute atomic E-state index is 13.1. The van der Waals surface area contributed by atoms with Gasteiger partial charge in [0, 0.05) is 17.8 Å². The lowest BCUT2D eigenvalue weighted by Gasteiger charge is -2.15. The molecule has 0 unspecified atom stereocenters. The molecule has 0 saturated heterocycles. The van der Waals surface area contributed by atoms with E-state index in [1.165, 1.54) is 12.3 Å². The van der Waals surface area contributed by atoms with Gasteiger partial charge in [0.05, 0.1) is 11.9 Å². The van der Waals surface area contributed by atoms with E-state index in [0.29, 0.717) is 0 Å². The number of nitrogens with zero attached hydrogens (tertiary/aromatic N) is 3. The Kier molecular flexibility index (Phi) is 2.03. The highest BCUT2D eigenvalue weighted by molar-refractivity contribution is 5.79. The topological polar surface area (TPSA) is 30.7 Å². The van der Waals surface area contributed by atoms with E-state index in [9.17, 15) is 4.39 Å². The second kappa shape index (κ2) is 3.02. The molecule has 80 valence electrons. The summed E-state index contributed by atoms with van der Waals surface area (Å²) in [6.45, 7) is 6.17. The van der Waals surface area contributed by atoms with Crippen LogP contribution in [0.2, 0.25) is 0 Å². The Bertz CT molecular complexity index is 508. The van der Waals surface area contributed by atoms with Gasteiger partial charge in [-0.15, -0.1) is 0 Å². The van der Waals surface area contributed by atoms with E-state index in [1.54, 1.807) is 4.68 Å². The molecule has 0 aliphatic heterocycles. The predicted octanol–water partition coefficient (Wildman–Crippen LogP) is 2.40. The molecule has 0 N–H and O–H groups in total. The maximum Gasteiger partial charge on any atom is 0.157 e. The minimum Gasteiger partial charge on any atom is -0.250 e. The van der Waals surface area contributed by atoms with Crippen LogP contribution in [0.1, 0.15) is 26.5 Å². The van der Waals surface area contributed by atoms with Gasteiger partial charge >= 0.3 is 0 Å². The third-order valence-corrected chi connectivity index (χ3v) is 2.36. The lowest BCUT2D eigenvalue weighted by molar-refractivity contribution is 0.557. The van der Waals surface area contributed by atoms with Gasteiger partial charge in [0.2, 0.25) is 0 Å². The molecule has 4 heteroatoms. The van der Waals surface area contributed by atoms with Crippen LogP contribution in [0.3, 0.4) is 0 Å². The Morgan fingerprint density at radius 3 is 2.60 bits per heavy atom. The molecule has 0 bridgehead atoms. The Hall–Kier alpha value is -1.45. The van der Waals surface area contributed by atoms with Gasteiger partial charge < -0.3 is 0 Å². The predicted molar refractivity (Wildman–Crippen MR) is 57.2 cm³/mol. The van der Waals surface area contributed by atoms with E-state index in [0.717, 1.165) is 16.7 Å². The monoisotopic (exact) mass is 207 g/mol. The van der Waals surface area contributed by atoms with Crippen molar-refractivity contribution in [2.75, 3.05) is 0 Å². The third-order valence-electron chi connectivity index (χ3n) is 2.36. The normalized spacial score (nSPS) is 12.3. The van der Waals surface area contributed by atoms with Gasteiger partial charge in [-0.25, -0.2) is 9.37 Å². The zero-order chi connectivity index (χ0) is 11.2. The minimum absolute atomic E-state index is 0.102. The van der Waals surface area contributed by atoms with Crippen molar-refractivity contribution in [1.29, 1.82) is 0 Å². The summed E-state index contributed by atoms with van der Waals surface area (Å²) in [5, 5.41) is 5.19. The fourth-order valence-electron chi connectivity index (χ4n) is 1.67. The average molecular weight is 207 g/mol. The van der Waals surface area contributed by atoms with Crippen LogP contribution in [-0.2, 0) is 12.5 Å². The number of hydrogen-bond acceptors (Lipinski definition) is 2. The molecule has 0 aromatic carbocycles. The van der Waals surface area contributed by atoms with E-state index in [4.69, 9.17) is 0 Å². The third kappa shape index (κ3) is 1.60. The summed E-state index contributed by atoms with van der Waals surface area (Å²) in [7, 11) is 1.82. The molecule has 2 aromatic rings. The zero-order valence-corrected chi connectivity index (χ0v) is 9.37. The van der Waals surface area contributed by atoms with Crippen molar-refractivity contribution < 1.29 is 4.39 Å². The van der Waals surface area contributed by atoms with Gasteiger partial charge in [-0.3, -0.25) is 4.68 Å². The Labute approximate surface area is 87.9 Å². The number of fused-ring (bicyclic) bond motifs is 1. The highest BCUT2D eigenvalue weighted by Crippen LogP contribution is 2.28. The molecule has 0 amide bonds. The molecule has 2 rings (SSSR count). The van der Waals surface area contributed by atoms with Crippen LogP contribution in [0.25, 0.3) is 11.0 Å². The lowest BCUT2D eigenvalue weighted by Crippen LogP contribution is -2.12. The second-order valence-electron chi connectivity index (χ2n) is 4.75. The van der Waals surface area contributed by atoms with E-state index in [-0.39, 0.29) is 11.2 Å². The smallest absolute Gasteiger partial charge is 0.157 e. The summed E-state index contributed by atoms with van der Waals surface area (Å²) < 4.78 is 14.8. The Balaban J connectivity index is 2.81. The molecular formula is C11H14FN3. The quantitative estimate of drug-likeness (QED) is 0.664. The number of aryl methyl sites for hydroxylation is 1. The molecule has 0 saturated carbocycles. The van der Waals surface area contributed by atoms with Crippen molar-refractivity contribution >= 4 is 11.0 Å². The largest absolute Gasteiger partial charge is 0.250 e. The van der Waals surface area contributed by atoms with Crippen molar-refractivity contribution in [2.45, 2.75) is 26.2 Å². The van der Waals surface area contributed by atoms with Gasteiger partial charge in [0.25, 0.3) is 0 Å². The van der Waals surface area contributed by atoms with Gasteiger partial charge in [-0.1, -0.05) is 20.8 Å². The average Bonchev–Trinajstić information content (AvgIpc) is 2.42. The molecule has 0 aliphatic carbocycles. The van der Waals surface area contributed by atoms with Crippen LogP contribution in [0.4, 0.5) is 4.39 Å². The lowest BCUT2D eigenvalue weighted by atomic mass is 9.90. The fourth-order valence-corrected chi connectivity index (χ4v) is 1.67. The van der Waals surface area contributed by atoms with Crippen molar-refractivity contribution in [3.63, 3.8) is 0 Å². The second-order valence-corrected chi connectivity index (χ2v) is 4.75. The van der Waals surface area contributed by atoms with E-state index in [2.05, 4.69) is 30.9 Å². The SMILES string of the molecule is Cn1nc(C(C)(C)C)c2cc(F)cnc21. The summed E-state index contributed by atoms with van der Waals surface area (Å²) in [4.78, 5) is 4.04. The van der Waals surface area contributed by atoms with Crippen LogP contribution in [0.5, 0.6) is 0 Å². The summed E-state index contributed by atoms with van der Waals surface area (Å²) in [5.41, 5.74) is 1.50. The molecule has 2 aromatic heterocycles. The molecule has 0 spiro atoms. The van der Waals surface area contributed by atoms with Crippen molar-refractivity contribution in [1.82, 2.24) is 14.8 Å². The van der Waals surface area contributed by atoms with Crippen LogP contribution in [-0.4, -0.2) is 14.8 Å². The first-order valence-corrected chi connectivity index (χ1v) is 4.88. The van der Waals surface area contributed by atoms with Crippen LogP contribution in [0.15, 0.2) is 12.3 Å². The molecule has 0 radical (unpaired) electrons. The molecule has 0 atom stereocenters. The number of rotatable bonds is 0. The standard InChI is InChI=1S/C11H14FN3/c1-11(2,3)9-8-5-7(12)6-13-10(8)15(4)14-9/h5-6H,1-4H3. The van der Waals surface area contributed by atoms with E-state index < -0.39 is 0 Å². The van der Waals surface area contributed by atoms with Gasteiger partial charge in [0.15, 0.2) is 5.65 Å². The Morgan fingerprint density at radius 2 is 2.00 bits per heavy atom. The molecule has 15 heavy (non-hydrogen) atoms. The highest BCUT2D eigenvalue weighted by atomic mass is 19.1. The summed E-state index contributed by atoms with van der Waals surface area (Å²) >= 11 is 0. The van der Waals surface area contributed by atoms with Crippen LogP contribution in [0, 0.1) is 5.82 Å². The minimum atomic E-state index is -0.319. The first-order valence-electron chi connectivity index (χ1n) is 4.88. The maximum atomic E-state index is 13.1. The number of hydrogen-bond donors (Lipinski definition) is 0. The number of aromatic nitrogens is 3. The van der Waals surface area contributed by atoms with Crippen molar-refractivity contribution in [2.24, 2.45) is 7.05 Å². The van der Waals surface area contributed by atoms with E-state index >= 15 is 0 Å². The van der Waals surface area contributed by atoms with E-state index in [1.807, 2.05) is 7.05 Å².